The molecule has 0 saturated heterocycles. The summed E-state index contributed by atoms with van der Waals surface area (Å²) < 4.78 is 27.2. The number of hydrogen-bond acceptors (Lipinski definition) is 3. The molecule has 0 atom stereocenters. The van der Waals surface area contributed by atoms with Crippen molar-refractivity contribution in [2.45, 2.75) is 24.8 Å². The summed E-state index contributed by atoms with van der Waals surface area (Å²) in [6.45, 7) is 2.03. The Morgan fingerprint density at radius 3 is 2.36 bits per heavy atom. The molecule has 25 heavy (non-hydrogen) atoms. The van der Waals surface area contributed by atoms with E-state index < -0.39 is 10.0 Å². The lowest BCUT2D eigenvalue weighted by Gasteiger charge is -2.09. The summed E-state index contributed by atoms with van der Waals surface area (Å²) in [5.41, 5.74) is 1.58. The van der Waals surface area contributed by atoms with Crippen LogP contribution in [0.2, 0.25) is 10.0 Å². The van der Waals surface area contributed by atoms with Crippen molar-refractivity contribution in [3.63, 3.8) is 0 Å². The van der Waals surface area contributed by atoms with Gasteiger partial charge in [0.15, 0.2) is 0 Å². The van der Waals surface area contributed by atoms with Crippen molar-refractivity contribution in [1.29, 1.82) is 0 Å². The fraction of sp³-hybridized carbons (Fsp3) is 0.235. The molecule has 0 radical (unpaired) electrons. The highest BCUT2D eigenvalue weighted by Gasteiger charge is 2.14. The summed E-state index contributed by atoms with van der Waals surface area (Å²) in [6, 6.07) is 11.4. The van der Waals surface area contributed by atoms with Crippen molar-refractivity contribution in [2.75, 3.05) is 6.54 Å². The van der Waals surface area contributed by atoms with Crippen LogP contribution in [0, 0.1) is 0 Å². The van der Waals surface area contributed by atoms with Gasteiger partial charge in [-0.15, -0.1) is 0 Å². The Hall–Kier alpha value is -1.60. The predicted octanol–water partition coefficient (Wildman–Crippen LogP) is 3.15. The van der Waals surface area contributed by atoms with E-state index in [4.69, 9.17) is 23.2 Å². The van der Waals surface area contributed by atoms with E-state index in [0.29, 0.717) is 28.6 Å². The van der Waals surface area contributed by atoms with Crippen LogP contribution in [0.3, 0.4) is 0 Å². The summed E-state index contributed by atoms with van der Waals surface area (Å²) in [5.74, 6) is -0.0933. The van der Waals surface area contributed by atoms with E-state index in [2.05, 4.69) is 10.0 Å². The molecule has 0 unspecified atom stereocenters. The molecular weight excluding hydrogens is 383 g/mol. The Morgan fingerprint density at radius 1 is 1.08 bits per heavy atom. The van der Waals surface area contributed by atoms with E-state index >= 15 is 0 Å². The molecule has 0 heterocycles. The highest BCUT2D eigenvalue weighted by atomic mass is 35.5. The average Bonchev–Trinajstić information content (AvgIpc) is 2.54. The molecule has 0 fully saturated rings. The Balaban J connectivity index is 2.00. The molecule has 134 valence electrons. The second-order valence-electron chi connectivity index (χ2n) is 5.44. The molecule has 0 aliphatic heterocycles. The molecule has 1 amide bonds. The van der Waals surface area contributed by atoms with Crippen molar-refractivity contribution in [1.82, 2.24) is 10.0 Å². The standard InChI is InChI=1S/C17H18Cl2N2O3S/c1-12(22)20-9-8-13-2-6-16(7-3-13)25(23,24)21-11-14-4-5-15(18)10-17(14)19/h2-7,10,21H,8-9,11H2,1H3,(H,20,22). The van der Waals surface area contributed by atoms with E-state index in [0.717, 1.165) is 5.56 Å². The first-order valence-corrected chi connectivity index (χ1v) is 9.79. The van der Waals surface area contributed by atoms with Gasteiger partial charge < -0.3 is 5.32 Å². The number of benzene rings is 2. The molecule has 2 N–H and O–H groups in total. The lowest BCUT2D eigenvalue weighted by atomic mass is 10.1. The topological polar surface area (TPSA) is 75.3 Å². The zero-order chi connectivity index (χ0) is 18.4. The van der Waals surface area contributed by atoms with Gasteiger partial charge in [-0.25, -0.2) is 13.1 Å². The van der Waals surface area contributed by atoms with Gasteiger partial charge in [0.2, 0.25) is 15.9 Å². The molecule has 0 aliphatic rings. The highest BCUT2D eigenvalue weighted by molar-refractivity contribution is 7.89. The van der Waals surface area contributed by atoms with Crippen LogP contribution in [0.15, 0.2) is 47.4 Å². The maximum Gasteiger partial charge on any atom is 0.240 e. The van der Waals surface area contributed by atoms with Crippen LogP contribution in [0.1, 0.15) is 18.1 Å². The summed E-state index contributed by atoms with van der Waals surface area (Å²) >= 11 is 11.9. The van der Waals surface area contributed by atoms with Crippen molar-refractivity contribution in [3.05, 3.63) is 63.6 Å². The van der Waals surface area contributed by atoms with Crippen LogP contribution < -0.4 is 10.0 Å². The second-order valence-corrected chi connectivity index (χ2v) is 8.05. The van der Waals surface area contributed by atoms with Crippen LogP contribution in [0.25, 0.3) is 0 Å². The Kier molecular flexibility index (Phi) is 6.84. The van der Waals surface area contributed by atoms with Gasteiger partial charge in [0.05, 0.1) is 4.90 Å². The minimum absolute atomic E-state index is 0.0720. The van der Waals surface area contributed by atoms with Crippen molar-refractivity contribution >= 4 is 39.1 Å². The summed E-state index contributed by atoms with van der Waals surface area (Å²) in [4.78, 5) is 11.0. The van der Waals surface area contributed by atoms with Crippen LogP contribution in [-0.4, -0.2) is 20.9 Å². The van der Waals surface area contributed by atoms with Gasteiger partial charge in [0, 0.05) is 30.1 Å². The second kappa shape index (κ2) is 8.67. The first kappa shape index (κ1) is 19.7. The third kappa shape index (κ3) is 6.01. The number of carbonyl (C=O) groups is 1. The van der Waals surface area contributed by atoms with E-state index in [9.17, 15) is 13.2 Å². The van der Waals surface area contributed by atoms with E-state index in [-0.39, 0.29) is 17.3 Å². The van der Waals surface area contributed by atoms with Crippen LogP contribution in [0.4, 0.5) is 0 Å². The Bertz CT molecular complexity index is 853. The number of carbonyl (C=O) groups excluding carboxylic acids is 1. The molecule has 0 aliphatic carbocycles. The van der Waals surface area contributed by atoms with Crippen molar-refractivity contribution < 1.29 is 13.2 Å². The third-order valence-electron chi connectivity index (χ3n) is 3.49. The normalized spacial score (nSPS) is 11.3. The predicted molar refractivity (Wildman–Crippen MR) is 99.3 cm³/mol. The number of hydrogen-bond donors (Lipinski definition) is 2. The van der Waals surface area contributed by atoms with Gasteiger partial charge in [-0.05, 0) is 41.8 Å². The minimum atomic E-state index is -3.65. The SMILES string of the molecule is CC(=O)NCCc1ccc(S(=O)(=O)NCc2ccc(Cl)cc2Cl)cc1. The fourth-order valence-corrected chi connectivity index (χ4v) is 3.62. The molecule has 2 aromatic carbocycles. The summed E-state index contributed by atoms with van der Waals surface area (Å²) in [7, 11) is -3.65. The van der Waals surface area contributed by atoms with Crippen molar-refractivity contribution in [2.24, 2.45) is 0 Å². The fourth-order valence-electron chi connectivity index (χ4n) is 2.14. The maximum absolute atomic E-state index is 12.4. The quantitative estimate of drug-likeness (QED) is 0.749. The zero-order valence-corrected chi connectivity index (χ0v) is 15.9. The van der Waals surface area contributed by atoms with Gasteiger partial charge in [0.1, 0.15) is 0 Å². The van der Waals surface area contributed by atoms with Crippen LogP contribution in [0.5, 0.6) is 0 Å². The maximum atomic E-state index is 12.4. The van der Waals surface area contributed by atoms with Gasteiger partial charge in [-0.1, -0.05) is 41.4 Å². The van der Waals surface area contributed by atoms with E-state index in [1.807, 2.05) is 0 Å². The van der Waals surface area contributed by atoms with Crippen molar-refractivity contribution in [3.8, 4) is 0 Å². The Labute approximate surface area is 157 Å². The van der Waals surface area contributed by atoms with Gasteiger partial charge >= 0.3 is 0 Å². The molecule has 8 heteroatoms. The average molecular weight is 401 g/mol. The smallest absolute Gasteiger partial charge is 0.240 e. The number of amides is 1. The third-order valence-corrected chi connectivity index (χ3v) is 5.49. The van der Waals surface area contributed by atoms with E-state index in [1.165, 1.54) is 19.1 Å². The zero-order valence-electron chi connectivity index (χ0n) is 13.6. The monoisotopic (exact) mass is 400 g/mol. The molecule has 2 rings (SSSR count). The number of halogens is 2. The van der Waals surface area contributed by atoms with Gasteiger partial charge in [0.25, 0.3) is 0 Å². The molecule has 2 aromatic rings. The molecular formula is C17H18Cl2N2O3S. The van der Waals surface area contributed by atoms with Crippen LogP contribution >= 0.6 is 23.2 Å². The lowest BCUT2D eigenvalue weighted by molar-refractivity contribution is -0.118. The molecule has 0 aromatic heterocycles. The lowest BCUT2D eigenvalue weighted by Crippen LogP contribution is -2.23. The van der Waals surface area contributed by atoms with Gasteiger partial charge in [-0.2, -0.15) is 0 Å². The molecule has 0 saturated carbocycles. The summed E-state index contributed by atoms with van der Waals surface area (Å²) in [6.07, 6.45) is 0.633. The van der Waals surface area contributed by atoms with Crippen LogP contribution in [-0.2, 0) is 27.8 Å². The largest absolute Gasteiger partial charge is 0.356 e. The first-order valence-electron chi connectivity index (χ1n) is 7.55. The molecule has 0 spiro atoms. The highest BCUT2D eigenvalue weighted by Crippen LogP contribution is 2.21. The number of nitrogens with one attached hydrogen (secondary N) is 2. The van der Waals surface area contributed by atoms with Gasteiger partial charge in [-0.3, -0.25) is 4.79 Å². The Morgan fingerprint density at radius 2 is 1.76 bits per heavy atom. The molecule has 5 nitrogen and oxygen atoms in total. The summed E-state index contributed by atoms with van der Waals surface area (Å²) in [5, 5.41) is 3.59. The minimum Gasteiger partial charge on any atom is -0.356 e. The molecule has 0 bridgehead atoms. The first-order chi connectivity index (χ1) is 11.8. The number of sulfonamides is 1. The van der Waals surface area contributed by atoms with E-state index in [1.54, 1.807) is 30.3 Å². The number of rotatable bonds is 7.